The molecule has 1 N–H and O–H groups in total. The van der Waals surface area contributed by atoms with Crippen molar-refractivity contribution in [1.29, 1.82) is 0 Å². The van der Waals surface area contributed by atoms with Crippen LogP contribution in [0.25, 0.3) is 0 Å². The van der Waals surface area contributed by atoms with Gasteiger partial charge in [-0.15, -0.1) is 0 Å². The largest absolute Gasteiger partial charge is 0.466 e. The topological polar surface area (TPSA) is 72.5 Å². The molecule has 6 heteroatoms. The summed E-state index contributed by atoms with van der Waals surface area (Å²) in [6, 6.07) is 6.78. The third-order valence-corrected chi connectivity index (χ3v) is 4.27. The van der Waals surface area contributed by atoms with Crippen LogP contribution in [0.15, 0.2) is 29.2 Å². The summed E-state index contributed by atoms with van der Waals surface area (Å²) in [6.45, 7) is 4.31. The van der Waals surface area contributed by atoms with Gasteiger partial charge in [-0.3, -0.25) is 4.79 Å². The highest BCUT2D eigenvalue weighted by molar-refractivity contribution is 7.89. The molecule has 0 bridgehead atoms. The molecular weight excluding hydrogens is 278 g/mol. The van der Waals surface area contributed by atoms with Crippen molar-refractivity contribution >= 4 is 16.0 Å². The molecule has 1 rings (SSSR count). The van der Waals surface area contributed by atoms with Crippen LogP contribution in [0, 0.1) is 0 Å². The molecule has 0 amide bonds. The Labute approximate surface area is 120 Å². The number of nitrogens with one attached hydrogen (secondary N) is 1. The van der Waals surface area contributed by atoms with Gasteiger partial charge in [0.2, 0.25) is 10.0 Å². The highest BCUT2D eigenvalue weighted by Crippen LogP contribution is 2.10. The van der Waals surface area contributed by atoms with Gasteiger partial charge in [0, 0.05) is 13.0 Å². The summed E-state index contributed by atoms with van der Waals surface area (Å²) in [5, 5.41) is 0. The zero-order chi connectivity index (χ0) is 15.0. The van der Waals surface area contributed by atoms with Crippen molar-refractivity contribution in [1.82, 2.24) is 4.72 Å². The molecule has 1 aromatic rings. The fourth-order valence-electron chi connectivity index (χ4n) is 1.66. The Morgan fingerprint density at radius 1 is 1.20 bits per heavy atom. The van der Waals surface area contributed by atoms with E-state index in [0.29, 0.717) is 13.0 Å². The molecule has 0 unspecified atom stereocenters. The first-order valence-electron chi connectivity index (χ1n) is 6.73. The third-order valence-electron chi connectivity index (χ3n) is 2.80. The number of benzene rings is 1. The van der Waals surface area contributed by atoms with E-state index in [1.807, 2.05) is 6.92 Å². The van der Waals surface area contributed by atoms with E-state index in [1.54, 1.807) is 31.2 Å². The molecule has 0 fully saturated rings. The summed E-state index contributed by atoms with van der Waals surface area (Å²) in [4.78, 5) is 11.4. The second-order valence-electron chi connectivity index (χ2n) is 4.30. The molecule has 0 atom stereocenters. The number of carbonyl (C=O) groups excluding carboxylic acids is 1. The van der Waals surface area contributed by atoms with E-state index >= 15 is 0 Å². The van der Waals surface area contributed by atoms with Crippen molar-refractivity contribution in [2.45, 2.75) is 38.0 Å². The van der Waals surface area contributed by atoms with E-state index in [4.69, 9.17) is 4.74 Å². The summed E-state index contributed by atoms with van der Waals surface area (Å²) in [6.07, 6.45) is 1.50. The first-order valence-corrected chi connectivity index (χ1v) is 8.22. The lowest BCUT2D eigenvalue weighted by atomic mass is 10.2. The lowest BCUT2D eigenvalue weighted by Gasteiger charge is -2.07. The van der Waals surface area contributed by atoms with Gasteiger partial charge in [-0.1, -0.05) is 19.1 Å². The van der Waals surface area contributed by atoms with Crippen LogP contribution in [-0.4, -0.2) is 27.5 Å². The van der Waals surface area contributed by atoms with Gasteiger partial charge < -0.3 is 4.74 Å². The number of hydrogen-bond donors (Lipinski definition) is 1. The smallest absolute Gasteiger partial charge is 0.305 e. The van der Waals surface area contributed by atoms with Crippen LogP contribution in [0.2, 0.25) is 0 Å². The summed E-state index contributed by atoms with van der Waals surface area (Å²) >= 11 is 0. The zero-order valence-corrected chi connectivity index (χ0v) is 12.7. The normalized spacial score (nSPS) is 11.3. The quantitative estimate of drug-likeness (QED) is 0.587. The van der Waals surface area contributed by atoms with E-state index < -0.39 is 10.0 Å². The monoisotopic (exact) mass is 299 g/mol. The Kier molecular flexibility index (Phi) is 6.67. The molecule has 112 valence electrons. The molecule has 0 aliphatic rings. The maximum absolute atomic E-state index is 12.0. The highest BCUT2D eigenvalue weighted by atomic mass is 32.2. The molecule has 0 spiro atoms. The van der Waals surface area contributed by atoms with Crippen molar-refractivity contribution < 1.29 is 17.9 Å². The number of rotatable bonds is 8. The molecule has 0 saturated heterocycles. The molecule has 1 aromatic carbocycles. The van der Waals surface area contributed by atoms with E-state index in [2.05, 4.69) is 4.72 Å². The zero-order valence-electron chi connectivity index (χ0n) is 11.9. The Hall–Kier alpha value is -1.40. The Balaban J connectivity index is 2.47. The lowest BCUT2D eigenvalue weighted by Crippen LogP contribution is -2.25. The fourth-order valence-corrected chi connectivity index (χ4v) is 2.73. The molecule has 5 nitrogen and oxygen atoms in total. The molecule has 0 heterocycles. The van der Waals surface area contributed by atoms with Crippen molar-refractivity contribution in [2.75, 3.05) is 13.2 Å². The predicted molar refractivity (Wildman–Crippen MR) is 76.9 cm³/mol. The van der Waals surface area contributed by atoms with Crippen molar-refractivity contribution in [3.63, 3.8) is 0 Å². The minimum Gasteiger partial charge on any atom is -0.466 e. The minimum atomic E-state index is -3.50. The van der Waals surface area contributed by atoms with Crippen LogP contribution in [-0.2, 0) is 26.0 Å². The molecular formula is C14H21NO4S. The molecule has 0 aliphatic carbocycles. The molecule has 0 aliphatic heterocycles. The summed E-state index contributed by atoms with van der Waals surface area (Å²) in [7, 11) is -3.50. The fraction of sp³-hybridized carbons (Fsp3) is 0.500. The van der Waals surface area contributed by atoms with Gasteiger partial charge in [0.25, 0.3) is 0 Å². The Morgan fingerprint density at radius 3 is 2.40 bits per heavy atom. The van der Waals surface area contributed by atoms with Crippen LogP contribution < -0.4 is 4.72 Å². The predicted octanol–water partition coefficient (Wildman–Crippen LogP) is 1.87. The van der Waals surface area contributed by atoms with Gasteiger partial charge in [0.15, 0.2) is 0 Å². The number of aryl methyl sites for hydroxylation is 1. The molecule has 0 aromatic heterocycles. The second-order valence-corrected chi connectivity index (χ2v) is 6.07. The van der Waals surface area contributed by atoms with Crippen LogP contribution in [0.3, 0.4) is 0 Å². The SMILES string of the molecule is CCOC(=O)CCCNS(=O)(=O)c1ccc(CC)cc1. The van der Waals surface area contributed by atoms with Crippen molar-refractivity contribution in [3.05, 3.63) is 29.8 Å². The number of carbonyl (C=O) groups is 1. The van der Waals surface area contributed by atoms with Crippen LogP contribution in [0.4, 0.5) is 0 Å². The van der Waals surface area contributed by atoms with Gasteiger partial charge in [0.05, 0.1) is 11.5 Å². The average Bonchev–Trinajstić information content (AvgIpc) is 2.44. The van der Waals surface area contributed by atoms with Gasteiger partial charge in [-0.05, 0) is 37.5 Å². The maximum Gasteiger partial charge on any atom is 0.305 e. The highest BCUT2D eigenvalue weighted by Gasteiger charge is 2.13. The number of ether oxygens (including phenoxy) is 1. The third kappa shape index (κ3) is 5.30. The summed E-state index contributed by atoms with van der Waals surface area (Å²) in [5.74, 6) is -0.306. The van der Waals surface area contributed by atoms with E-state index in [1.165, 1.54) is 0 Å². The van der Waals surface area contributed by atoms with Gasteiger partial charge in [0.1, 0.15) is 0 Å². The van der Waals surface area contributed by atoms with E-state index in [0.717, 1.165) is 12.0 Å². The van der Waals surface area contributed by atoms with E-state index in [-0.39, 0.29) is 23.8 Å². The van der Waals surface area contributed by atoms with Gasteiger partial charge in [-0.25, -0.2) is 13.1 Å². The van der Waals surface area contributed by atoms with Crippen LogP contribution in [0.5, 0.6) is 0 Å². The van der Waals surface area contributed by atoms with Crippen molar-refractivity contribution in [3.8, 4) is 0 Å². The number of hydrogen-bond acceptors (Lipinski definition) is 4. The number of sulfonamides is 1. The maximum atomic E-state index is 12.0. The van der Waals surface area contributed by atoms with E-state index in [9.17, 15) is 13.2 Å². The molecule has 0 saturated carbocycles. The number of esters is 1. The minimum absolute atomic E-state index is 0.213. The molecule has 0 radical (unpaired) electrons. The summed E-state index contributed by atoms with van der Waals surface area (Å²) in [5.41, 5.74) is 1.09. The van der Waals surface area contributed by atoms with Crippen LogP contribution >= 0.6 is 0 Å². The Bertz CT molecular complexity index is 523. The second kappa shape index (κ2) is 8.01. The Morgan fingerprint density at radius 2 is 1.85 bits per heavy atom. The van der Waals surface area contributed by atoms with Crippen molar-refractivity contribution in [2.24, 2.45) is 0 Å². The van der Waals surface area contributed by atoms with Gasteiger partial charge in [-0.2, -0.15) is 0 Å². The average molecular weight is 299 g/mol. The lowest BCUT2D eigenvalue weighted by molar-refractivity contribution is -0.143. The molecule has 20 heavy (non-hydrogen) atoms. The first kappa shape index (κ1) is 16.7. The summed E-state index contributed by atoms with van der Waals surface area (Å²) < 4.78 is 31.2. The first-order chi connectivity index (χ1) is 9.49. The van der Waals surface area contributed by atoms with Crippen LogP contribution in [0.1, 0.15) is 32.3 Å². The van der Waals surface area contributed by atoms with Gasteiger partial charge >= 0.3 is 5.97 Å². The standard InChI is InChI=1S/C14H21NO4S/c1-3-12-7-9-13(10-8-12)20(17,18)15-11-5-6-14(16)19-4-2/h7-10,15H,3-6,11H2,1-2H3.